The topological polar surface area (TPSA) is 120 Å². The number of nitrogens with zero attached hydrogens (tertiary/aromatic N) is 1. The quantitative estimate of drug-likeness (QED) is 0.363. The van der Waals surface area contributed by atoms with Crippen LogP contribution in [0.5, 0.6) is 5.75 Å². The average molecular weight is 379 g/mol. The maximum Gasteiger partial charge on any atom is 0.288 e. The van der Waals surface area contributed by atoms with E-state index >= 15 is 0 Å². The fraction of sp³-hybridized carbons (Fsp3) is 0. The highest BCUT2D eigenvalue weighted by molar-refractivity contribution is 8.27. The molecule has 0 atom stereocenters. The summed E-state index contributed by atoms with van der Waals surface area (Å²) >= 11 is 5.88. The van der Waals surface area contributed by atoms with Crippen LogP contribution in [0.1, 0.15) is 5.69 Å². The third-order valence-electron chi connectivity index (χ3n) is 4.08. The highest BCUT2D eigenvalue weighted by Gasteiger charge is 2.32. The van der Waals surface area contributed by atoms with E-state index in [1.807, 2.05) is 0 Å². The molecule has 25 heavy (non-hydrogen) atoms. The Kier molecular flexibility index (Phi) is 3.35. The minimum atomic E-state index is -3.24. The van der Waals surface area contributed by atoms with Gasteiger partial charge in [-0.2, -0.15) is 0 Å². The van der Waals surface area contributed by atoms with E-state index in [9.17, 15) is 24.3 Å². The van der Waals surface area contributed by atoms with Crippen LogP contribution in [-0.2, 0) is 0 Å². The maximum atomic E-state index is 11.2. The van der Waals surface area contributed by atoms with Crippen LogP contribution < -0.4 is 0 Å². The van der Waals surface area contributed by atoms with Crippen LogP contribution in [0.4, 0.5) is 5.69 Å². The number of hydrogen-bond donors (Lipinski definition) is 4. The number of hydrogen-bond acceptors (Lipinski definition) is 5. The van der Waals surface area contributed by atoms with E-state index in [1.165, 1.54) is 23.6 Å². The Bertz CT molecular complexity index is 1040. The first-order valence-electron chi connectivity index (χ1n) is 7.08. The van der Waals surface area contributed by atoms with Gasteiger partial charge in [-0.3, -0.25) is 19.2 Å². The fourth-order valence-electron chi connectivity index (χ4n) is 3.03. The highest BCUT2D eigenvalue weighted by atomic mass is 35.5. The highest BCUT2D eigenvalue weighted by Crippen LogP contribution is 2.62. The Balaban J connectivity index is 2.11. The van der Waals surface area contributed by atoms with Crippen LogP contribution in [0.25, 0.3) is 28.5 Å². The zero-order valence-electron chi connectivity index (χ0n) is 12.4. The minimum Gasteiger partial charge on any atom is -0.507 e. The minimum absolute atomic E-state index is 0.0272. The molecule has 1 aromatic carbocycles. The van der Waals surface area contributed by atoms with Crippen molar-refractivity contribution < 1.29 is 19.1 Å². The zero-order chi connectivity index (χ0) is 17.9. The average Bonchev–Trinajstić information content (AvgIpc) is 3.07. The summed E-state index contributed by atoms with van der Waals surface area (Å²) in [5, 5.41) is 22.7. The Hall–Kier alpha value is -2.52. The van der Waals surface area contributed by atoms with Gasteiger partial charge in [0.05, 0.1) is 21.2 Å². The molecule has 0 radical (unpaired) electrons. The number of aromatic hydroxyl groups is 1. The number of pyridine rings is 1. The van der Waals surface area contributed by atoms with E-state index in [1.54, 1.807) is 18.2 Å². The van der Waals surface area contributed by atoms with Crippen molar-refractivity contribution in [2.24, 2.45) is 0 Å². The molecule has 3 aliphatic rings. The molecule has 0 saturated carbocycles. The molecule has 0 bridgehead atoms. The van der Waals surface area contributed by atoms with Crippen molar-refractivity contribution in [2.75, 3.05) is 0 Å². The van der Waals surface area contributed by atoms with Crippen LogP contribution in [0, 0.1) is 10.1 Å². The lowest BCUT2D eigenvalue weighted by Crippen LogP contribution is -2.01. The summed E-state index contributed by atoms with van der Waals surface area (Å²) in [5.41, 5.74) is 1.80. The number of H-pyrrole nitrogens is 1. The first-order valence-corrected chi connectivity index (χ1v) is 9.06. The van der Waals surface area contributed by atoms with E-state index in [0.717, 1.165) is 0 Å². The summed E-state index contributed by atoms with van der Waals surface area (Å²) in [6, 6.07) is 7.30. The molecule has 1 aliphatic carbocycles. The normalized spacial score (nSPS) is 16.1. The van der Waals surface area contributed by atoms with E-state index < -0.39 is 15.5 Å². The van der Waals surface area contributed by atoms with Gasteiger partial charge in [-0.05, 0) is 29.8 Å². The first kappa shape index (κ1) is 16.0. The van der Waals surface area contributed by atoms with Crippen LogP contribution in [0.2, 0.25) is 5.02 Å². The molecule has 0 saturated heterocycles. The Morgan fingerprint density at radius 3 is 2.64 bits per heavy atom. The molecular weight excluding hydrogens is 368 g/mol. The molecule has 1 aromatic rings. The van der Waals surface area contributed by atoms with Gasteiger partial charge in [0, 0.05) is 22.6 Å². The van der Waals surface area contributed by atoms with Crippen molar-refractivity contribution in [2.45, 2.75) is 4.90 Å². The number of fused-ring (bicyclic) bond motifs is 2. The SMILES string of the molecule is O=[N+]([O-])c1cc(-c2c3c(O)ccc-3[nH]c3c2S(O)(O)C=C3)ccc1Cl. The van der Waals surface area contributed by atoms with Gasteiger partial charge in [0.25, 0.3) is 5.69 Å². The molecule has 0 aromatic heterocycles. The largest absolute Gasteiger partial charge is 0.507 e. The van der Waals surface area contributed by atoms with Crippen molar-refractivity contribution in [1.82, 2.24) is 4.98 Å². The van der Waals surface area contributed by atoms with Crippen molar-refractivity contribution in [3.8, 4) is 28.1 Å². The van der Waals surface area contributed by atoms with E-state index in [4.69, 9.17) is 11.6 Å². The number of rotatable bonds is 2. The summed E-state index contributed by atoms with van der Waals surface area (Å²) in [5.74, 6) is -0.0660. The summed E-state index contributed by atoms with van der Waals surface area (Å²) < 4.78 is 20.8. The second-order valence-corrected chi connectivity index (χ2v) is 7.84. The molecule has 9 heteroatoms. The number of nitro benzene ring substituents is 1. The number of benzene rings is 1. The fourth-order valence-corrected chi connectivity index (χ4v) is 4.64. The van der Waals surface area contributed by atoms with E-state index in [2.05, 4.69) is 4.98 Å². The molecule has 4 N–H and O–H groups in total. The van der Waals surface area contributed by atoms with Gasteiger partial charge in [-0.25, -0.2) is 0 Å². The lowest BCUT2D eigenvalue weighted by atomic mass is 9.97. The standard InChI is InChI=1S/C16H11ClN2O5S/c17-9-2-1-8(7-12(9)19(21)22)14-15-10(3-4-13(15)20)18-11-5-6-25(23,24)16(11)14/h1-7,18,20,23-24H. The summed E-state index contributed by atoms with van der Waals surface area (Å²) in [4.78, 5) is 13.8. The van der Waals surface area contributed by atoms with Crippen LogP contribution >= 0.6 is 22.2 Å². The molecule has 0 fully saturated rings. The summed E-state index contributed by atoms with van der Waals surface area (Å²) in [6.45, 7) is 0. The Morgan fingerprint density at radius 1 is 1.16 bits per heavy atom. The lowest BCUT2D eigenvalue weighted by molar-refractivity contribution is -0.384. The predicted molar refractivity (Wildman–Crippen MR) is 96.3 cm³/mol. The lowest BCUT2D eigenvalue weighted by Gasteiger charge is -2.29. The first-order chi connectivity index (χ1) is 11.8. The van der Waals surface area contributed by atoms with Gasteiger partial charge < -0.3 is 10.1 Å². The third kappa shape index (κ3) is 2.30. The van der Waals surface area contributed by atoms with E-state index in [-0.39, 0.29) is 21.4 Å². The number of nitro groups is 1. The van der Waals surface area contributed by atoms with Crippen LogP contribution in [-0.4, -0.2) is 24.1 Å². The monoisotopic (exact) mass is 378 g/mol. The van der Waals surface area contributed by atoms with Gasteiger partial charge in [0.2, 0.25) is 0 Å². The molecule has 4 rings (SSSR count). The van der Waals surface area contributed by atoms with Gasteiger partial charge in [-0.15, -0.1) is 10.6 Å². The van der Waals surface area contributed by atoms with Gasteiger partial charge in [0.1, 0.15) is 10.8 Å². The van der Waals surface area contributed by atoms with Crippen molar-refractivity contribution in [3.05, 3.63) is 56.6 Å². The molecular formula is C16H11ClN2O5S. The molecule has 7 nitrogen and oxygen atoms in total. The molecule has 0 spiro atoms. The summed E-state index contributed by atoms with van der Waals surface area (Å²) in [7, 11) is -3.24. The predicted octanol–water partition coefficient (Wildman–Crippen LogP) is 5.15. The molecule has 2 aliphatic heterocycles. The van der Waals surface area contributed by atoms with E-state index in [0.29, 0.717) is 28.1 Å². The van der Waals surface area contributed by atoms with Crippen LogP contribution in [0.3, 0.4) is 0 Å². The number of nitrogens with one attached hydrogen (secondary N) is 1. The van der Waals surface area contributed by atoms with Gasteiger partial charge >= 0.3 is 0 Å². The molecule has 0 amide bonds. The Labute approximate surface area is 148 Å². The third-order valence-corrected chi connectivity index (χ3v) is 5.94. The summed E-state index contributed by atoms with van der Waals surface area (Å²) in [6.07, 6.45) is 1.54. The van der Waals surface area contributed by atoms with Crippen molar-refractivity contribution >= 4 is 34.0 Å². The number of halogens is 1. The Morgan fingerprint density at radius 2 is 1.92 bits per heavy atom. The smallest absolute Gasteiger partial charge is 0.288 e. The molecule has 0 unspecified atom stereocenters. The van der Waals surface area contributed by atoms with Crippen molar-refractivity contribution in [1.29, 1.82) is 0 Å². The zero-order valence-corrected chi connectivity index (χ0v) is 14.0. The van der Waals surface area contributed by atoms with Crippen molar-refractivity contribution in [3.63, 3.8) is 0 Å². The van der Waals surface area contributed by atoms with Crippen LogP contribution in [0.15, 0.2) is 40.6 Å². The van der Waals surface area contributed by atoms with Gasteiger partial charge in [-0.1, -0.05) is 17.7 Å². The second kappa shape index (κ2) is 5.24. The van der Waals surface area contributed by atoms with Gasteiger partial charge in [0.15, 0.2) is 0 Å². The maximum absolute atomic E-state index is 11.2. The number of aromatic amines is 1. The second-order valence-electron chi connectivity index (χ2n) is 5.57. The number of aromatic nitrogens is 1. The molecule has 2 heterocycles. The molecule has 128 valence electrons.